The molecule has 4 N–H and O–H groups in total. The predicted octanol–water partition coefficient (Wildman–Crippen LogP) is 3.47. The molecule has 5 aliphatic heterocycles. The van der Waals surface area contributed by atoms with E-state index in [1.165, 1.54) is 15.9 Å². The summed E-state index contributed by atoms with van der Waals surface area (Å²) in [5.74, 6) is 1.60. The molecule has 0 unspecified atom stereocenters. The number of carboxylic acid groups (broad SMARTS) is 1. The number of piperazine rings is 1. The molecule has 1 spiro atoms. The van der Waals surface area contributed by atoms with Crippen molar-refractivity contribution in [2.24, 2.45) is 18.4 Å². The number of nitrogens with two attached hydrogens (primary N) is 1. The Kier molecular flexibility index (Phi) is 12.9. The fraction of sp³-hybridized carbons (Fsp3) is 0.510. The molecule has 6 aliphatic rings. The molecule has 5 amide bonds. The highest BCUT2D eigenvalue weighted by atomic mass is 19.1. The van der Waals surface area contributed by atoms with Gasteiger partial charge >= 0.3 is 12.1 Å². The van der Waals surface area contributed by atoms with Crippen LogP contribution in [0.2, 0.25) is 0 Å². The topological polar surface area (TPSA) is 286 Å². The Labute approximate surface area is 428 Å². The van der Waals surface area contributed by atoms with Crippen LogP contribution in [0.4, 0.5) is 37.0 Å². The zero-order valence-corrected chi connectivity index (χ0v) is 41.9. The van der Waals surface area contributed by atoms with Gasteiger partial charge in [0, 0.05) is 115 Å². The van der Waals surface area contributed by atoms with Gasteiger partial charge in [0.2, 0.25) is 5.91 Å². The van der Waals surface area contributed by atoms with Crippen molar-refractivity contribution in [1.82, 2.24) is 64.7 Å². The largest absolute Gasteiger partial charge is 0.483 e. The van der Waals surface area contributed by atoms with Gasteiger partial charge in [0.1, 0.15) is 29.0 Å². The lowest BCUT2D eigenvalue weighted by Crippen LogP contribution is -2.72. The van der Waals surface area contributed by atoms with Crippen molar-refractivity contribution in [3.8, 4) is 22.8 Å². The van der Waals surface area contributed by atoms with E-state index in [0.29, 0.717) is 107 Å². The van der Waals surface area contributed by atoms with E-state index in [4.69, 9.17) is 40.0 Å². The second-order valence-corrected chi connectivity index (χ2v) is 20.6. The molecule has 6 aromatic rings. The molecule has 12 rings (SSSR count). The number of piperidine rings is 1. The first-order valence-electron chi connectivity index (χ1n) is 25.3. The molecule has 10 heterocycles. The normalized spacial score (nSPS) is 19.1. The minimum Gasteiger partial charge on any atom is -0.483 e. The monoisotopic (exact) mass is 1030 g/mol. The lowest BCUT2D eigenvalue weighted by atomic mass is 9.72. The van der Waals surface area contributed by atoms with E-state index in [0.717, 1.165) is 69.9 Å². The fourth-order valence-corrected chi connectivity index (χ4v) is 11.3. The number of nitrogens with zero attached hydrogens (tertiary/aromatic N) is 15. The van der Waals surface area contributed by atoms with E-state index in [-0.39, 0.29) is 61.1 Å². The van der Waals surface area contributed by atoms with Crippen LogP contribution in [0.1, 0.15) is 63.7 Å². The van der Waals surface area contributed by atoms with Crippen LogP contribution in [0.15, 0.2) is 35.4 Å². The maximum Gasteiger partial charge on any atom is 0.410 e. The number of imide groups is 1. The molecule has 5 saturated heterocycles. The Morgan fingerprint density at radius 2 is 1.65 bits per heavy atom. The van der Waals surface area contributed by atoms with Crippen molar-refractivity contribution < 1.29 is 42.7 Å². The summed E-state index contributed by atoms with van der Waals surface area (Å²) in [4.78, 5) is 88.6. The molecule has 1 saturated carbocycles. The first-order chi connectivity index (χ1) is 36.2. The molecular formula is C49H58FN17O8. The van der Waals surface area contributed by atoms with Crippen molar-refractivity contribution in [2.75, 3.05) is 106 Å². The van der Waals surface area contributed by atoms with Crippen LogP contribution in [0.3, 0.4) is 0 Å². The number of amides is 5. The maximum absolute atomic E-state index is 16.0. The number of rotatable bonds is 11. The van der Waals surface area contributed by atoms with Crippen LogP contribution in [0.25, 0.3) is 44.7 Å². The predicted molar refractivity (Wildman–Crippen MR) is 269 cm³/mol. The van der Waals surface area contributed by atoms with E-state index < -0.39 is 12.1 Å². The molecule has 0 bridgehead atoms. The van der Waals surface area contributed by atoms with Crippen molar-refractivity contribution in [3.05, 3.63) is 42.4 Å². The third-order valence-corrected chi connectivity index (χ3v) is 15.2. The van der Waals surface area contributed by atoms with E-state index in [2.05, 4.69) is 40.2 Å². The number of likely N-dealkylation sites (tertiary alicyclic amines) is 2. The highest BCUT2D eigenvalue weighted by molar-refractivity contribution is 6.09. The minimum absolute atomic E-state index is 0.00953. The number of carbonyl (C=O) groups excluding carboxylic acids is 4. The van der Waals surface area contributed by atoms with Gasteiger partial charge in [0.05, 0.1) is 34.7 Å². The quantitative estimate of drug-likeness (QED) is 0.157. The molecule has 1 aromatic carbocycles. The number of urea groups is 1. The van der Waals surface area contributed by atoms with Gasteiger partial charge in [-0.05, 0) is 57.6 Å². The number of hydrogen-bond acceptors (Lipinski definition) is 18. The second-order valence-electron chi connectivity index (χ2n) is 20.6. The third-order valence-electron chi connectivity index (χ3n) is 15.2. The maximum atomic E-state index is 16.0. The van der Waals surface area contributed by atoms with E-state index in [1.807, 2.05) is 13.8 Å². The summed E-state index contributed by atoms with van der Waals surface area (Å²) < 4.78 is 30.8. The number of benzene rings is 1. The third kappa shape index (κ3) is 9.24. The van der Waals surface area contributed by atoms with Crippen LogP contribution in [-0.4, -0.2) is 180 Å². The molecule has 5 aromatic heterocycles. The van der Waals surface area contributed by atoms with Gasteiger partial charge in [-0.25, -0.2) is 38.6 Å². The second kappa shape index (κ2) is 19.7. The van der Waals surface area contributed by atoms with Crippen LogP contribution in [0, 0.1) is 17.2 Å². The summed E-state index contributed by atoms with van der Waals surface area (Å²) >= 11 is 0. The molecule has 25 nitrogen and oxygen atoms in total. The van der Waals surface area contributed by atoms with E-state index in [1.54, 1.807) is 46.1 Å². The lowest BCUT2D eigenvalue weighted by molar-refractivity contribution is -0.136. The first kappa shape index (κ1) is 49.2. The van der Waals surface area contributed by atoms with Gasteiger partial charge < -0.3 is 44.6 Å². The Morgan fingerprint density at radius 1 is 0.933 bits per heavy atom. The first-order valence-corrected chi connectivity index (χ1v) is 25.3. The number of carbonyl (C=O) groups is 5. The van der Waals surface area contributed by atoms with E-state index >= 15 is 4.39 Å². The zero-order chi connectivity index (χ0) is 52.3. The van der Waals surface area contributed by atoms with E-state index in [9.17, 15) is 19.2 Å². The number of hydrogen-bond donors (Lipinski definition) is 3. The smallest absolute Gasteiger partial charge is 0.410 e. The number of nitrogen functional groups attached to an aromatic ring is 1. The number of fused-ring (bicyclic) bond motifs is 2. The number of nitrogens with one attached hydrogen (secondary N) is 1. The molecule has 26 heteroatoms. The van der Waals surface area contributed by atoms with Crippen molar-refractivity contribution in [3.63, 3.8) is 0 Å². The van der Waals surface area contributed by atoms with Gasteiger partial charge in [-0.3, -0.25) is 29.3 Å². The van der Waals surface area contributed by atoms with Gasteiger partial charge in [-0.15, -0.1) is 0 Å². The number of halogens is 1. The Balaban J connectivity index is 0.00000196. The molecule has 75 heavy (non-hydrogen) atoms. The molecule has 394 valence electrons. The lowest BCUT2D eigenvalue weighted by Gasteiger charge is -2.61. The van der Waals surface area contributed by atoms with Crippen LogP contribution in [-0.2, 0) is 26.2 Å². The summed E-state index contributed by atoms with van der Waals surface area (Å²) in [5.41, 5.74) is 10.4. The summed E-state index contributed by atoms with van der Waals surface area (Å²) in [6.45, 7) is 11.2. The van der Waals surface area contributed by atoms with Crippen LogP contribution < -0.4 is 25.8 Å². The molecule has 0 atom stereocenters. The van der Waals surface area contributed by atoms with Gasteiger partial charge in [0.15, 0.2) is 35.5 Å². The molecular weight excluding hydrogens is 974 g/mol. The zero-order valence-electron chi connectivity index (χ0n) is 41.9. The summed E-state index contributed by atoms with van der Waals surface area (Å²) in [6.07, 6.45) is 8.34. The molecule has 1 aliphatic carbocycles. The molecule has 0 radical (unpaired) electrons. The summed E-state index contributed by atoms with van der Waals surface area (Å²) in [6, 6.07) is 3.02. The Morgan fingerprint density at radius 3 is 2.33 bits per heavy atom. The number of aryl methyl sites for hydroxylation is 1. The fourth-order valence-electron chi connectivity index (χ4n) is 11.3. The average molecular weight is 1030 g/mol. The van der Waals surface area contributed by atoms with Crippen LogP contribution in [0.5, 0.6) is 0 Å². The van der Waals surface area contributed by atoms with Crippen LogP contribution >= 0.6 is 0 Å². The minimum atomic E-state index is -0.555. The van der Waals surface area contributed by atoms with Crippen molar-refractivity contribution in [2.45, 2.75) is 57.9 Å². The van der Waals surface area contributed by atoms with Crippen molar-refractivity contribution >= 4 is 75.4 Å². The molecule has 6 fully saturated rings. The average Bonchev–Trinajstić information content (AvgIpc) is 3.87. The summed E-state index contributed by atoms with van der Waals surface area (Å²) in [5, 5.41) is 24.1. The van der Waals surface area contributed by atoms with Crippen molar-refractivity contribution in [1.29, 1.82) is 0 Å². The highest BCUT2D eigenvalue weighted by Gasteiger charge is 2.52. The number of anilines is 4. The van der Waals surface area contributed by atoms with Gasteiger partial charge in [0.25, 0.3) is 12.4 Å². The number of ether oxygens (including phenoxy) is 1. The highest BCUT2D eigenvalue weighted by Crippen LogP contribution is 2.48. The van der Waals surface area contributed by atoms with Gasteiger partial charge in [-0.2, -0.15) is 10.2 Å². The van der Waals surface area contributed by atoms with Gasteiger partial charge in [-0.1, -0.05) is 5.16 Å². The Bertz CT molecular complexity index is 3180. The Hall–Kier alpha value is -8.03. The SMILES string of the molecule is CC(C)n1nc(-c2noc(C3CC3)c2-c2ncc(N3CCN(C(=O)OCC(=O)N4CCC(CN5CC6(C5)CN(c5ccc7c(N8CCC(=O)NC8=O)nn(C)c7c5F)C6)CC4)CC3)cn2)c2c(N)ncnc21.O=CO. The standard InChI is InChI=1S/C48H56FN17O6.CH2O2/c1-27(2)66-45-36(42(50)53-26-54-45)38(56-66)39-35(41(72-58-39)29-4-5-29)43-51-18-30(19-52-43)61-14-16-63(17-15-61)47(70)71-21-34(68)62-11-8-28(9-12-62)20-60-22-48(23-60)24-64(25-48)32-7-6-31-40(37(32)49)59(3)57-44(31)65-13-10-33(67)55-46(65)69;2-1-3/h6-7,18-19,26-29H,4-5,8-17,20-25H2,1-3H3,(H2,50,53,54)(H,55,67,69);1H,(H,2,3). The number of aromatic nitrogens is 9. The summed E-state index contributed by atoms with van der Waals surface area (Å²) in [7, 11) is 1.66.